The van der Waals surface area contributed by atoms with Gasteiger partial charge in [0.2, 0.25) is 0 Å². The van der Waals surface area contributed by atoms with Crippen LogP contribution >= 0.6 is 0 Å². The Labute approximate surface area is 558 Å². The zero-order valence-corrected chi connectivity index (χ0v) is 58.4. The largest absolute Gasteiger partial charge is 0.545 e. The van der Waals surface area contributed by atoms with Crippen molar-refractivity contribution in [1.82, 2.24) is 0 Å². The van der Waals surface area contributed by atoms with Crippen molar-refractivity contribution in [2.45, 2.75) is 270 Å². The minimum Gasteiger partial charge on any atom is -0.545 e. The van der Waals surface area contributed by atoms with Crippen molar-refractivity contribution in [3.8, 4) is 0 Å². The van der Waals surface area contributed by atoms with Crippen molar-refractivity contribution in [1.29, 1.82) is 0 Å². The summed E-state index contributed by atoms with van der Waals surface area (Å²) in [4.78, 5) is 37.5. The summed E-state index contributed by atoms with van der Waals surface area (Å²) in [7, 11) is 5.91. The first kappa shape index (κ1) is 85.4. The molecule has 0 aromatic rings. The number of hydrogen-bond donors (Lipinski definition) is 0. The SMILES string of the molecule is CC/C=C\C/C=C\C/C=C\C/C=C\C/C=C\C/C=C\C/C=C\C/C=C\C/C=C\C/C=C\C/C=C\CCCCCCCCCC(=O)OC(COC(=O)CCCCCCCCCCCCCC/C=C\C/C=C\C/C=C\C/C=C\CC)COC(OCC[N+](C)(C)C)C(=O)[O-]. The van der Waals surface area contributed by atoms with E-state index in [0.717, 1.165) is 148 Å². The van der Waals surface area contributed by atoms with Gasteiger partial charge in [-0.1, -0.05) is 292 Å². The Morgan fingerprint density at radius 3 is 0.879 bits per heavy atom. The highest BCUT2D eigenvalue weighted by Crippen LogP contribution is 2.16. The summed E-state index contributed by atoms with van der Waals surface area (Å²) in [6, 6.07) is 0. The van der Waals surface area contributed by atoms with Crippen molar-refractivity contribution >= 4 is 17.9 Å². The average molecular weight is 1260 g/mol. The van der Waals surface area contributed by atoms with E-state index in [9.17, 15) is 19.5 Å². The zero-order valence-electron chi connectivity index (χ0n) is 58.4. The van der Waals surface area contributed by atoms with E-state index >= 15 is 0 Å². The molecule has 0 amide bonds. The second-order valence-electron chi connectivity index (χ2n) is 24.4. The third-order valence-electron chi connectivity index (χ3n) is 14.6. The normalized spacial score (nSPS) is 13.8. The lowest BCUT2D eigenvalue weighted by Crippen LogP contribution is -2.44. The van der Waals surface area contributed by atoms with Gasteiger partial charge in [0.05, 0.1) is 40.3 Å². The first-order valence-corrected chi connectivity index (χ1v) is 35.9. The van der Waals surface area contributed by atoms with Gasteiger partial charge in [0.15, 0.2) is 12.4 Å². The van der Waals surface area contributed by atoms with Crippen LogP contribution in [-0.4, -0.2) is 82.3 Å². The predicted molar refractivity (Wildman–Crippen MR) is 388 cm³/mol. The number of carboxylic acid groups (broad SMARTS) is 1. The van der Waals surface area contributed by atoms with Gasteiger partial charge in [0.25, 0.3) is 0 Å². The molecule has 0 saturated carbocycles. The van der Waals surface area contributed by atoms with Crippen LogP contribution in [0.1, 0.15) is 258 Å². The number of allylic oxidation sites excluding steroid dienone is 30. The minimum atomic E-state index is -1.64. The van der Waals surface area contributed by atoms with Gasteiger partial charge >= 0.3 is 11.9 Å². The third kappa shape index (κ3) is 71.7. The topological polar surface area (TPSA) is 111 Å². The standard InChI is InChI=1S/C82H131NO8/c1-6-8-10-12-14-16-18-20-22-24-26-28-30-32-33-34-35-36-37-38-39-40-41-42-43-44-45-46-47-49-51-53-55-57-59-61-63-65-67-69-71-73-80(85)91-78(77-90-82(81(86)87)88-75-74-83(3,4)5)76-89-79(84)72-70-68-66-64-62-60-58-56-54-52-50-48-31-29-27-25-23-21-19-17-15-13-11-9-7-2/h8-11,14-17,20-23,26-29,32-33,35-36,38-39,41-42,44-45,47,49,53,55,78,82H,6-7,12-13,18-19,24-25,30-31,34,37,40,43,46,48,50-52,54,56-77H2,1-5H3/b10-8-,11-9-,16-14-,17-15-,22-20-,23-21-,28-26-,29-27-,33-32-,36-35-,39-38-,42-41-,45-44-,49-47-,55-53-. The Bertz CT molecular complexity index is 2150. The molecule has 0 aliphatic heterocycles. The molecule has 9 nitrogen and oxygen atoms in total. The molecule has 0 aliphatic carbocycles. The van der Waals surface area contributed by atoms with E-state index < -0.39 is 24.3 Å². The number of quaternary nitrogens is 1. The lowest BCUT2D eigenvalue weighted by Gasteiger charge is -2.26. The van der Waals surface area contributed by atoms with E-state index in [1.807, 2.05) is 21.1 Å². The van der Waals surface area contributed by atoms with Crippen molar-refractivity contribution in [3.05, 3.63) is 182 Å². The fourth-order valence-corrected chi connectivity index (χ4v) is 9.24. The van der Waals surface area contributed by atoms with Crippen LogP contribution in [0.2, 0.25) is 0 Å². The summed E-state index contributed by atoms with van der Waals surface area (Å²) < 4.78 is 22.8. The van der Waals surface area contributed by atoms with Crippen molar-refractivity contribution in [2.24, 2.45) is 0 Å². The number of ether oxygens (including phenoxy) is 4. The molecule has 0 heterocycles. The molecule has 0 fully saturated rings. The Hall–Kier alpha value is -5.61. The first-order valence-electron chi connectivity index (χ1n) is 35.9. The molecule has 0 aromatic heterocycles. The van der Waals surface area contributed by atoms with Crippen LogP contribution in [0.25, 0.3) is 0 Å². The summed E-state index contributed by atoms with van der Waals surface area (Å²) in [6.07, 6.45) is 104. The summed E-state index contributed by atoms with van der Waals surface area (Å²) >= 11 is 0. The minimum absolute atomic E-state index is 0.136. The Kier molecular flexibility index (Phi) is 65.9. The molecule has 0 bridgehead atoms. The fraction of sp³-hybridized carbons (Fsp3) is 0.598. The van der Waals surface area contributed by atoms with Crippen molar-refractivity contribution in [3.63, 3.8) is 0 Å². The maximum absolute atomic E-state index is 12.9. The van der Waals surface area contributed by atoms with Crippen molar-refractivity contribution < 1.29 is 42.9 Å². The average Bonchev–Trinajstić information content (AvgIpc) is 3.53. The second kappa shape index (κ2) is 70.3. The van der Waals surface area contributed by atoms with E-state index in [1.54, 1.807) is 0 Å². The van der Waals surface area contributed by atoms with Crippen LogP contribution < -0.4 is 5.11 Å². The van der Waals surface area contributed by atoms with Gasteiger partial charge in [-0.05, 0) is 135 Å². The second-order valence-corrected chi connectivity index (χ2v) is 24.4. The number of hydrogen-bond acceptors (Lipinski definition) is 8. The van der Waals surface area contributed by atoms with Crippen LogP contribution in [0.3, 0.4) is 0 Å². The molecule has 0 N–H and O–H groups in total. The molecule has 512 valence electrons. The smallest absolute Gasteiger partial charge is 0.306 e. The van der Waals surface area contributed by atoms with Crippen LogP contribution in [0.4, 0.5) is 0 Å². The molecular formula is C82H131NO8. The molecule has 9 heteroatoms. The van der Waals surface area contributed by atoms with Crippen LogP contribution in [-0.2, 0) is 33.3 Å². The molecule has 91 heavy (non-hydrogen) atoms. The Balaban J connectivity index is 4.20. The van der Waals surface area contributed by atoms with Gasteiger partial charge in [-0.2, -0.15) is 0 Å². The van der Waals surface area contributed by atoms with E-state index in [4.69, 9.17) is 18.9 Å². The quantitative estimate of drug-likeness (QED) is 0.0195. The number of esters is 2. The lowest BCUT2D eigenvalue weighted by molar-refractivity contribution is -0.870. The maximum Gasteiger partial charge on any atom is 0.306 e. The van der Waals surface area contributed by atoms with Gasteiger partial charge in [-0.25, -0.2) is 0 Å². The summed E-state index contributed by atoms with van der Waals surface area (Å²) in [5.41, 5.74) is 0. The van der Waals surface area contributed by atoms with Crippen LogP contribution in [0.5, 0.6) is 0 Å². The fourth-order valence-electron chi connectivity index (χ4n) is 9.24. The molecule has 0 radical (unpaired) electrons. The van der Waals surface area contributed by atoms with Gasteiger partial charge < -0.3 is 33.3 Å². The third-order valence-corrected chi connectivity index (χ3v) is 14.6. The molecule has 0 aromatic carbocycles. The van der Waals surface area contributed by atoms with E-state index in [0.29, 0.717) is 17.4 Å². The highest BCUT2D eigenvalue weighted by molar-refractivity contribution is 5.70. The number of nitrogens with zero attached hydrogens (tertiary/aromatic N) is 1. The van der Waals surface area contributed by atoms with E-state index in [1.165, 1.54) is 77.0 Å². The molecule has 0 aliphatic rings. The molecule has 0 spiro atoms. The van der Waals surface area contributed by atoms with Crippen molar-refractivity contribution in [2.75, 3.05) is 47.5 Å². The number of aliphatic carboxylic acids is 1. The molecular weight excluding hydrogens is 1130 g/mol. The molecule has 2 unspecified atom stereocenters. The number of unbranched alkanes of at least 4 members (excludes halogenated alkanes) is 19. The van der Waals surface area contributed by atoms with Gasteiger partial charge in [-0.15, -0.1) is 0 Å². The highest BCUT2D eigenvalue weighted by atomic mass is 16.7. The molecule has 2 atom stereocenters. The van der Waals surface area contributed by atoms with E-state index in [2.05, 4.69) is 196 Å². The van der Waals surface area contributed by atoms with Gasteiger partial charge in [0, 0.05) is 12.8 Å². The van der Waals surface area contributed by atoms with E-state index in [-0.39, 0.29) is 38.6 Å². The van der Waals surface area contributed by atoms with Gasteiger partial charge in [0.1, 0.15) is 13.2 Å². The Morgan fingerprint density at radius 2 is 0.593 bits per heavy atom. The number of carboxylic acids is 1. The van der Waals surface area contributed by atoms with Crippen LogP contribution in [0, 0.1) is 0 Å². The maximum atomic E-state index is 12.9. The first-order chi connectivity index (χ1) is 44.6. The molecule has 0 saturated heterocycles. The monoisotopic (exact) mass is 1260 g/mol. The predicted octanol–water partition coefficient (Wildman–Crippen LogP) is 21.5. The Morgan fingerprint density at radius 1 is 0.330 bits per heavy atom. The number of rotatable bonds is 64. The number of carbonyl (C=O) groups is 3. The van der Waals surface area contributed by atoms with Crippen LogP contribution in [0.15, 0.2) is 182 Å². The summed E-state index contributed by atoms with van der Waals surface area (Å²) in [6.45, 7) is 4.49. The number of carbonyl (C=O) groups excluding carboxylic acids is 3. The molecule has 0 rings (SSSR count). The van der Waals surface area contributed by atoms with Gasteiger partial charge in [-0.3, -0.25) is 9.59 Å². The number of likely N-dealkylation sites (N-methyl/N-ethyl adjacent to an activating group) is 1. The zero-order chi connectivity index (χ0) is 66.1. The summed E-state index contributed by atoms with van der Waals surface area (Å²) in [5.74, 6) is -2.31. The summed E-state index contributed by atoms with van der Waals surface area (Å²) in [5, 5.41) is 11.8. The lowest BCUT2D eigenvalue weighted by atomic mass is 10.0. The highest BCUT2D eigenvalue weighted by Gasteiger charge is 2.22.